The zero-order valence-corrected chi connectivity index (χ0v) is 16.8. The van der Waals surface area contributed by atoms with Crippen molar-refractivity contribution in [1.29, 1.82) is 0 Å². The average molecular weight is 405 g/mol. The molecule has 0 atom stereocenters. The van der Waals surface area contributed by atoms with Crippen molar-refractivity contribution < 1.29 is 9.53 Å². The van der Waals surface area contributed by atoms with E-state index in [1.807, 2.05) is 43.5 Å². The molecule has 0 saturated heterocycles. The number of benzene rings is 1. The zero-order chi connectivity index (χ0) is 20.2. The topological polar surface area (TPSA) is 89.0 Å². The maximum atomic E-state index is 11.9. The Labute approximate surface area is 171 Å². The molecule has 3 aromatic heterocycles. The van der Waals surface area contributed by atoms with E-state index in [4.69, 9.17) is 4.74 Å². The number of urea groups is 1. The number of methoxy groups -OCH3 is 1. The number of nitrogens with zero attached hydrogens (tertiary/aromatic N) is 3. The second-order valence-corrected chi connectivity index (χ2v) is 7.18. The minimum atomic E-state index is -0.278. The van der Waals surface area contributed by atoms with Crippen molar-refractivity contribution in [3.05, 3.63) is 55.0 Å². The largest absolute Gasteiger partial charge is 0.481 e. The van der Waals surface area contributed by atoms with Crippen molar-refractivity contribution in [2.24, 2.45) is 0 Å². The van der Waals surface area contributed by atoms with Gasteiger partial charge in [0, 0.05) is 41.8 Å². The summed E-state index contributed by atoms with van der Waals surface area (Å²) in [6, 6.07) is 11.5. The van der Waals surface area contributed by atoms with Crippen molar-refractivity contribution in [3.8, 4) is 28.1 Å². The fraction of sp³-hybridized carbons (Fsp3) is 0.143. The second-order valence-electron chi connectivity index (χ2n) is 6.18. The third kappa shape index (κ3) is 3.88. The quantitative estimate of drug-likeness (QED) is 0.508. The Balaban J connectivity index is 1.91. The van der Waals surface area contributed by atoms with E-state index in [-0.39, 0.29) is 6.03 Å². The number of hydrogen-bond donors (Lipinski definition) is 2. The molecule has 2 amide bonds. The van der Waals surface area contributed by atoms with Crippen molar-refractivity contribution in [2.45, 2.75) is 6.92 Å². The van der Waals surface area contributed by atoms with Gasteiger partial charge in [0.15, 0.2) is 5.13 Å². The summed E-state index contributed by atoms with van der Waals surface area (Å²) in [6.07, 6.45) is 5.25. The second kappa shape index (κ2) is 8.24. The summed E-state index contributed by atoms with van der Waals surface area (Å²) in [4.78, 5) is 25.1. The first-order valence-electron chi connectivity index (χ1n) is 9.08. The highest BCUT2D eigenvalue weighted by Gasteiger charge is 2.17. The Morgan fingerprint density at radius 2 is 2.00 bits per heavy atom. The summed E-state index contributed by atoms with van der Waals surface area (Å²) >= 11 is 1.41. The molecule has 2 N–H and O–H groups in total. The van der Waals surface area contributed by atoms with E-state index in [0.29, 0.717) is 17.6 Å². The van der Waals surface area contributed by atoms with Crippen molar-refractivity contribution >= 4 is 32.7 Å². The fourth-order valence-electron chi connectivity index (χ4n) is 3.05. The molecule has 0 bridgehead atoms. The van der Waals surface area contributed by atoms with E-state index < -0.39 is 0 Å². The van der Waals surface area contributed by atoms with Gasteiger partial charge in [-0.1, -0.05) is 17.4 Å². The van der Waals surface area contributed by atoms with Crippen LogP contribution in [0.25, 0.3) is 32.5 Å². The van der Waals surface area contributed by atoms with Gasteiger partial charge < -0.3 is 10.1 Å². The highest BCUT2D eigenvalue weighted by atomic mass is 32.1. The Morgan fingerprint density at radius 1 is 1.14 bits per heavy atom. The number of carbonyl (C=O) groups excluding carboxylic acids is 1. The van der Waals surface area contributed by atoms with Crippen LogP contribution in [0.15, 0.2) is 55.0 Å². The fourth-order valence-corrected chi connectivity index (χ4v) is 4.02. The molecule has 29 heavy (non-hydrogen) atoms. The minimum absolute atomic E-state index is 0.278. The van der Waals surface area contributed by atoms with Crippen LogP contribution in [0.4, 0.5) is 9.93 Å². The van der Waals surface area contributed by atoms with Gasteiger partial charge in [-0.05, 0) is 42.8 Å². The Hall–Kier alpha value is -3.52. The molecule has 8 heteroatoms. The van der Waals surface area contributed by atoms with Crippen LogP contribution < -0.4 is 15.4 Å². The molecule has 0 aliphatic carbocycles. The van der Waals surface area contributed by atoms with Gasteiger partial charge in [-0.3, -0.25) is 10.3 Å². The summed E-state index contributed by atoms with van der Waals surface area (Å²) in [5.74, 6) is 0.531. The smallest absolute Gasteiger partial charge is 0.321 e. The lowest BCUT2D eigenvalue weighted by atomic mass is 10.00. The first-order valence-corrected chi connectivity index (χ1v) is 9.90. The molecule has 0 unspecified atom stereocenters. The van der Waals surface area contributed by atoms with Crippen LogP contribution in [0.3, 0.4) is 0 Å². The number of carbonyl (C=O) groups is 1. The highest BCUT2D eigenvalue weighted by Crippen LogP contribution is 2.41. The molecule has 3 heterocycles. The van der Waals surface area contributed by atoms with Crippen LogP contribution in [0.2, 0.25) is 0 Å². The summed E-state index contributed by atoms with van der Waals surface area (Å²) in [5.41, 5.74) is 4.53. The predicted molar refractivity (Wildman–Crippen MR) is 115 cm³/mol. The Morgan fingerprint density at radius 3 is 2.76 bits per heavy atom. The van der Waals surface area contributed by atoms with Gasteiger partial charge in [-0.15, -0.1) is 0 Å². The molecule has 4 aromatic rings. The maximum Gasteiger partial charge on any atom is 0.321 e. The number of hydrogen-bond acceptors (Lipinski definition) is 6. The van der Waals surface area contributed by atoms with E-state index in [9.17, 15) is 4.79 Å². The number of nitrogens with one attached hydrogen (secondary N) is 2. The summed E-state index contributed by atoms with van der Waals surface area (Å²) in [5, 5.41) is 6.04. The first kappa shape index (κ1) is 18.8. The number of ether oxygens (including phenoxy) is 1. The van der Waals surface area contributed by atoms with Crippen molar-refractivity contribution in [3.63, 3.8) is 0 Å². The standard InChI is InChI=1S/C21H19N5O2S/c1-3-23-20(27)26-21-25-17-11-14(13-6-4-8-22-12-13)10-16(18(17)29-21)15-7-5-9-24-19(15)28-2/h4-12H,3H2,1-2H3,(H2,23,25,26,27). The molecule has 7 nitrogen and oxygen atoms in total. The van der Waals surface area contributed by atoms with E-state index >= 15 is 0 Å². The number of pyridine rings is 2. The molecule has 0 aliphatic heterocycles. The Kier molecular flexibility index (Phi) is 5.35. The minimum Gasteiger partial charge on any atom is -0.481 e. The zero-order valence-electron chi connectivity index (χ0n) is 16.0. The highest BCUT2D eigenvalue weighted by molar-refractivity contribution is 7.22. The van der Waals surface area contributed by atoms with E-state index in [1.54, 1.807) is 19.5 Å². The van der Waals surface area contributed by atoms with Gasteiger partial charge >= 0.3 is 6.03 Å². The number of rotatable bonds is 5. The molecule has 4 rings (SSSR count). The normalized spacial score (nSPS) is 10.7. The first-order chi connectivity index (χ1) is 14.2. The number of fused-ring (bicyclic) bond motifs is 1. The van der Waals surface area contributed by atoms with Gasteiger partial charge in [-0.2, -0.15) is 0 Å². The molecular weight excluding hydrogens is 386 g/mol. The number of amides is 2. The third-order valence-electron chi connectivity index (χ3n) is 4.30. The van der Waals surface area contributed by atoms with E-state index in [0.717, 1.165) is 32.5 Å². The summed E-state index contributed by atoms with van der Waals surface area (Å²) in [7, 11) is 1.60. The third-order valence-corrected chi connectivity index (χ3v) is 5.32. The van der Waals surface area contributed by atoms with Crippen molar-refractivity contribution in [1.82, 2.24) is 20.3 Å². The van der Waals surface area contributed by atoms with Gasteiger partial charge in [0.2, 0.25) is 5.88 Å². The molecule has 146 valence electrons. The van der Waals surface area contributed by atoms with Crippen LogP contribution >= 0.6 is 11.3 Å². The van der Waals surface area contributed by atoms with Crippen LogP contribution in [0.5, 0.6) is 5.88 Å². The van der Waals surface area contributed by atoms with Crippen molar-refractivity contribution in [2.75, 3.05) is 19.0 Å². The lowest BCUT2D eigenvalue weighted by Crippen LogP contribution is -2.28. The summed E-state index contributed by atoms with van der Waals surface area (Å²) in [6.45, 7) is 2.41. The molecule has 0 fully saturated rings. The number of aromatic nitrogens is 3. The predicted octanol–water partition coefficient (Wildman–Crippen LogP) is 4.57. The molecule has 0 spiro atoms. The lowest BCUT2D eigenvalue weighted by molar-refractivity contribution is 0.252. The molecule has 0 saturated carbocycles. The molecule has 1 aromatic carbocycles. The van der Waals surface area contributed by atoms with E-state index in [2.05, 4.69) is 31.7 Å². The van der Waals surface area contributed by atoms with Gasteiger partial charge in [0.25, 0.3) is 0 Å². The average Bonchev–Trinajstić information content (AvgIpc) is 3.16. The maximum absolute atomic E-state index is 11.9. The molecule has 0 aliphatic rings. The van der Waals surface area contributed by atoms with Gasteiger partial charge in [0.1, 0.15) is 0 Å². The SMILES string of the molecule is CCNC(=O)Nc1nc2cc(-c3cccnc3)cc(-c3cccnc3OC)c2s1. The molecule has 0 radical (unpaired) electrons. The number of thiazole rings is 1. The number of anilines is 1. The van der Waals surface area contributed by atoms with Gasteiger partial charge in [0.05, 0.1) is 17.3 Å². The van der Waals surface area contributed by atoms with Gasteiger partial charge in [-0.25, -0.2) is 14.8 Å². The van der Waals surface area contributed by atoms with Crippen LogP contribution in [0.1, 0.15) is 6.92 Å². The van der Waals surface area contributed by atoms with E-state index in [1.165, 1.54) is 11.3 Å². The van der Waals surface area contributed by atoms with Crippen LogP contribution in [-0.4, -0.2) is 34.6 Å². The Bertz CT molecular complexity index is 1160. The lowest BCUT2D eigenvalue weighted by Gasteiger charge is -2.10. The molecular formula is C21H19N5O2S. The van der Waals surface area contributed by atoms with Crippen LogP contribution in [-0.2, 0) is 0 Å². The monoisotopic (exact) mass is 405 g/mol. The van der Waals surface area contributed by atoms with Crippen LogP contribution in [0, 0.1) is 0 Å². The summed E-state index contributed by atoms with van der Waals surface area (Å²) < 4.78 is 6.42.